The molecule has 2 heterocycles. The summed E-state index contributed by atoms with van der Waals surface area (Å²) < 4.78 is 6.00. The summed E-state index contributed by atoms with van der Waals surface area (Å²) in [5, 5.41) is 12.6. The third-order valence-corrected chi connectivity index (χ3v) is 4.91. The Kier molecular flexibility index (Phi) is 5.31. The number of aromatic nitrogens is 1. The van der Waals surface area contributed by atoms with Crippen molar-refractivity contribution in [3.8, 4) is 5.75 Å². The van der Waals surface area contributed by atoms with Crippen molar-refractivity contribution in [2.45, 2.75) is 32.1 Å². The van der Waals surface area contributed by atoms with E-state index in [4.69, 9.17) is 21.4 Å². The summed E-state index contributed by atoms with van der Waals surface area (Å²) in [6.07, 6.45) is 2.29. The third-order valence-electron chi connectivity index (χ3n) is 3.77. The van der Waals surface area contributed by atoms with E-state index in [0.717, 1.165) is 53.9 Å². The Bertz CT molecular complexity index is 594. The molecule has 1 aliphatic heterocycles. The van der Waals surface area contributed by atoms with Crippen LogP contribution in [0.15, 0.2) is 29.6 Å². The van der Waals surface area contributed by atoms with Gasteiger partial charge in [0.25, 0.3) is 0 Å². The monoisotopic (exact) mass is 338 g/mol. The van der Waals surface area contributed by atoms with Gasteiger partial charge in [-0.3, -0.25) is 4.90 Å². The van der Waals surface area contributed by atoms with E-state index in [0.29, 0.717) is 0 Å². The van der Waals surface area contributed by atoms with Crippen LogP contribution < -0.4 is 4.74 Å². The molecule has 1 aromatic carbocycles. The maximum atomic E-state index is 9.06. The smallest absolute Gasteiger partial charge is 0.119 e. The molecule has 0 bridgehead atoms. The van der Waals surface area contributed by atoms with Crippen LogP contribution in [0.5, 0.6) is 5.75 Å². The summed E-state index contributed by atoms with van der Waals surface area (Å²) in [6, 6.07) is 7.54. The average Bonchev–Trinajstić information content (AvgIpc) is 2.99. The van der Waals surface area contributed by atoms with Crippen molar-refractivity contribution < 1.29 is 9.84 Å². The second-order valence-corrected chi connectivity index (χ2v) is 6.82. The van der Waals surface area contributed by atoms with Gasteiger partial charge in [-0.2, -0.15) is 0 Å². The minimum Gasteiger partial charge on any atom is -0.490 e. The van der Waals surface area contributed by atoms with E-state index in [-0.39, 0.29) is 12.7 Å². The fraction of sp³-hybridized carbons (Fsp3) is 0.438. The molecule has 0 spiro atoms. The van der Waals surface area contributed by atoms with Crippen LogP contribution in [-0.4, -0.2) is 34.2 Å². The highest BCUT2D eigenvalue weighted by Crippen LogP contribution is 2.22. The number of hydrogen-bond donors (Lipinski definition) is 1. The summed E-state index contributed by atoms with van der Waals surface area (Å²) >= 11 is 7.40. The molecule has 1 aromatic heterocycles. The summed E-state index contributed by atoms with van der Waals surface area (Å²) in [4.78, 5) is 6.79. The predicted molar refractivity (Wildman–Crippen MR) is 88.4 cm³/mol. The minimum atomic E-state index is 0.0294. The van der Waals surface area contributed by atoms with E-state index in [1.165, 1.54) is 11.3 Å². The van der Waals surface area contributed by atoms with Crippen LogP contribution >= 0.6 is 22.9 Å². The van der Waals surface area contributed by atoms with Gasteiger partial charge in [0.05, 0.1) is 12.3 Å². The minimum absolute atomic E-state index is 0.0294. The van der Waals surface area contributed by atoms with Gasteiger partial charge in [0, 0.05) is 30.0 Å². The molecule has 1 fully saturated rings. The molecule has 1 aliphatic rings. The van der Waals surface area contributed by atoms with Crippen LogP contribution in [0.3, 0.4) is 0 Å². The number of nitrogens with zero attached hydrogens (tertiary/aromatic N) is 2. The molecule has 1 saturated heterocycles. The topological polar surface area (TPSA) is 45.6 Å². The van der Waals surface area contributed by atoms with Crippen LogP contribution in [0.2, 0.25) is 5.02 Å². The maximum Gasteiger partial charge on any atom is 0.119 e. The lowest BCUT2D eigenvalue weighted by molar-refractivity contribution is 0.0962. The highest BCUT2D eigenvalue weighted by Gasteiger charge is 2.21. The summed E-state index contributed by atoms with van der Waals surface area (Å²) in [6.45, 7) is 2.89. The first-order chi connectivity index (χ1) is 10.7. The van der Waals surface area contributed by atoms with Gasteiger partial charge in [0.1, 0.15) is 16.9 Å². The second-order valence-electron chi connectivity index (χ2n) is 5.44. The number of benzene rings is 1. The number of halogens is 1. The molecule has 22 heavy (non-hydrogen) atoms. The molecule has 0 radical (unpaired) electrons. The first-order valence-corrected chi connectivity index (χ1v) is 8.67. The van der Waals surface area contributed by atoms with Gasteiger partial charge in [0.2, 0.25) is 0 Å². The van der Waals surface area contributed by atoms with Crippen molar-refractivity contribution in [3.05, 3.63) is 45.4 Å². The highest BCUT2D eigenvalue weighted by molar-refractivity contribution is 7.09. The van der Waals surface area contributed by atoms with Gasteiger partial charge in [-0.1, -0.05) is 11.6 Å². The lowest BCUT2D eigenvalue weighted by Gasteiger charge is -2.31. The van der Waals surface area contributed by atoms with Crippen molar-refractivity contribution in [2.24, 2.45) is 0 Å². The molecule has 0 saturated carbocycles. The highest BCUT2D eigenvalue weighted by atomic mass is 35.5. The van der Waals surface area contributed by atoms with Crippen molar-refractivity contribution in [3.63, 3.8) is 0 Å². The summed E-state index contributed by atoms with van der Waals surface area (Å²) in [5.41, 5.74) is 1.05. The number of ether oxygens (including phenoxy) is 1. The number of likely N-dealkylation sites (tertiary alicyclic amines) is 1. The molecule has 118 valence electrons. The number of thiazole rings is 1. The summed E-state index contributed by atoms with van der Waals surface area (Å²) in [7, 11) is 0. The van der Waals surface area contributed by atoms with Crippen LogP contribution in [0, 0.1) is 0 Å². The summed E-state index contributed by atoms with van der Waals surface area (Å²) in [5.74, 6) is 0.884. The molecule has 2 aromatic rings. The van der Waals surface area contributed by atoms with Crippen LogP contribution in [0.1, 0.15) is 23.5 Å². The van der Waals surface area contributed by atoms with Gasteiger partial charge in [-0.15, -0.1) is 11.3 Å². The first kappa shape index (κ1) is 15.7. The molecule has 0 atom stereocenters. The molecule has 0 unspecified atom stereocenters. The molecule has 6 heteroatoms. The third kappa shape index (κ3) is 4.20. The molecular formula is C16H19ClN2O2S. The number of hydrogen-bond acceptors (Lipinski definition) is 5. The van der Waals surface area contributed by atoms with Gasteiger partial charge in [0.15, 0.2) is 0 Å². The Morgan fingerprint density at radius 1 is 1.27 bits per heavy atom. The lowest BCUT2D eigenvalue weighted by Crippen LogP contribution is -2.37. The zero-order chi connectivity index (χ0) is 15.4. The average molecular weight is 339 g/mol. The fourth-order valence-corrected chi connectivity index (χ4v) is 3.38. The van der Waals surface area contributed by atoms with Crippen molar-refractivity contribution in [1.82, 2.24) is 9.88 Å². The number of aliphatic hydroxyl groups excluding tert-OH is 1. The van der Waals surface area contributed by atoms with Gasteiger partial charge in [-0.25, -0.2) is 4.98 Å². The van der Waals surface area contributed by atoms with E-state index in [2.05, 4.69) is 9.88 Å². The molecule has 0 aliphatic carbocycles. The van der Waals surface area contributed by atoms with Crippen molar-refractivity contribution in [2.75, 3.05) is 13.1 Å². The van der Waals surface area contributed by atoms with Crippen LogP contribution in [0.4, 0.5) is 0 Å². The molecule has 0 amide bonds. The Balaban J connectivity index is 1.46. The first-order valence-electron chi connectivity index (χ1n) is 7.41. The largest absolute Gasteiger partial charge is 0.490 e. The Morgan fingerprint density at radius 3 is 2.64 bits per heavy atom. The van der Waals surface area contributed by atoms with E-state index in [9.17, 15) is 0 Å². The Morgan fingerprint density at radius 2 is 2.00 bits per heavy atom. The Hall–Kier alpha value is -1.14. The lowest BCUT2D eigenvalue weighted by atomic mass is 10.1. The van der Waals surface area contributed by atoms with Gasteiger partial charge >= 0.3 is 0 Å². The fourth-order valence-electron chi connectivity index (χ4n) is 2.61. The van der Waals surface area contributed by atoms with Crippen LogP contribution in [-0.2, 0) is 13.2 Å². The Labute approximate surface area is 139 Å². The van der Waals surface area contributed by atoms with Crippen molar-refractivity contribution >= 4 is 22.9 Å². The van der Waals surface area contributed by atoms with E-state index in [1.54, 1.807) is 0 Å². The maximum absolute atomic E-state index is 9.06. The SMILES string of the molecule is OCc1nc(CN2CCC(Oc3ccc(Cl)cc3)CC2)cs1. The molecule has 1 N–H and O–H groups in total. The molecule has 4 nitrogen and oxygen atoms in total. The number of piperidine rings is 1. The van der Waals surface area contributed by atoms with Gasteiger partial charge < -0.3 is 9.84 Å². The van der Waals surface area contributed by atoms with Crippen molar-refractivity contribution in [1.29, 1.82) is 0 Å². The van der Waals surface area contributed by atoms with E-state index in [1.807, 2.05) is 29.6 Å². The van der Waals surface area contributed by atoms with Crippen LogP contribution in [0.25, 0.3) is 0 Å². The van der Waals surface area contributed by atoms with Gasteiger partial charge in [-0.05, 0) is 37.1 Å². The predicted octanol–water partition coefficient (Wildman–Crippen LogP) is 3.33. The number of aliphatic hydroxyl groups is 1. The zero-order valence-electron chi connectivity index (χ0n) is 12.2. The normalized spacial score (nSPS) is 16.8. The second kappa shape index (κ2) is 7.42. The molecule has 3 rings (SSSR count). The molecular weight excluding hydrogens is 320 g/mol. The zero-order valence-corrected chi connectivity index (χ0v) is 13.8. The number of rotatable bonds is 5. The quantitative estimate of drug-likeness (QED) is 0.908. The van der Waals surface area contributed by atoms with E-state index < -0.39 is 0 Å². The standard InChI is InChI=1S/C16H19ClN2O2S/c17-12-1-3-14(4-2-12)21-15-5-7-19(8-6-15)9-13-11-22-16(10-20)18-13/h1-4,11,15,20H,5-10H2. The van der Waals surface area contributed by atoms with E-state index >= 15 is 0 Å².